The summed E-state index contributed by atoms with van der Waals surface area (Å²) < 4.78 is 1.60. The molecule has 1 fully saturated rings. The molecule has 0 bridgehead atoms. The minimum atomic E-state index is -0.176. The van der Waals surface area contributed by atoms with E-state index in [-0.39, 0.29) is 5.56 Å². The van der Waals surface area contributed by atoms with E-state index in [1.807, 2.05) is 18.2 Å². The van der Waals surface area contributed by atoms with Gasteiger partial charge in [0, 0.05) is 19.3 Å². The number of halogens is 1. The fourth-order valence-corrected chi connectivity index (χ4v) is 2.97. The van der Waals surface area contributed by atoms with E-state index < -0.39 is 0 Å². The molecule has 1 aliphatic rings. The number of para-hydroxylation sites is 1. The van der Waals surface area contributed by atoms with Crippen molar-refractivity contribution in [3.05, 3.63) is 45.8 Å². The van der Waals surface area contributed by atoms with Crippen LogP contribution in [0.2, 0.25) is 5.02 Å². The fraction of sp³-hybridized carbons (Fsp3) is 0.267. The number of nitrogens with zero attached hydrogens (tertiary/aromatic N) is 4. The first-order valence-corrected chi connectivity index (χ1v) is 7.60. The van der Waals surface area contributed by atoms with Crippen molar-refractivity contribution >= 4 is 28.6 Å². The maximum absolute atomic E-state index is 12.3. The molecule has 6 nitrogen and oxygen atoms in total. The molecule has 0 spiro atoms. The molecule has 2 aromatic heterocycles. The molecule has 4 rings (SSSR count). The van der Waals surface area contributed by atoms with Crippen molar-refractivity contribution in [1.82, 2.24) is 19.7 Å². The highest BCUT2D eigenvalue weighted by atomic mass is 35.5. The van der Waals surface area contributed by atoms with Crippen LogP contribution >= 0.6 is 11.6 Å². The second-order valence-corrected chi connectivity index (χ2v) is 5.75. The van der Waals surface area contributed by atoms with E-state index in [9.17, 15) is 4.79 Å². The number of benzene rings is 1. The monoisotopic (exact) mass is 315 g/mol. The molecule has 3 heterocycles. The van der Waals surface area contributed by atoms with Crippen molar-refractivity contribution in [3.8, 4) is 5.69 Å². The molecular formula is C15H14ClN5O. The van der Waals surface area contributed by atoms with Gasteiger partial charge in [-0.25, -0.2) is 4.68 Å². The first-order chi connectivity index (χ1) is 10.7. The number of nitrogens with one attached hydrogen (secondary N) is 1. The molecule has 0 radical (unpaired) electrons. The molecule has 3 aromatic rings. The normalized spacial score (nSPS) is 14.9. The summed E-state index contributed by atoms with van der Waals surface area (Å²) in [6.07, 6.45) is 3.90. The van der Waals surface area contributed by atoms with Crippen LogP contribution in [0.1, 0.15) is 12.8 Å². The average molecular weight is 316 g/mol. The maximum atomic E-state index is 12.3. The van der Waals surface area contributed by atoms with E-state index in [4.69, 9.17) is 11.6 Å². The molecule has 0 aliphatic carbocycles. The minimum Gasteiger partial charge on any atom is -0.342 e. The third kappa shape index (κ3) is 2.16. The highest BCUT2D eigenvalue weighted by molar-refractivity contribution is 6.32. The van der Waals surface area contributed by atoms with Crippen molar-refractivity contribution in [2.75, 3.05) is 18.0 Å². The number of H-pyrrole nitrogens is 1. The largest absolute Gasteiger partial charge is 0.342 e. The minimum absolute atomic E-state index is 0.176. The lowest BCUT2D eigenvalue weighted by Gasteiger charge is -2.14. The van der Waals surface area contributed by atoms with Crippen molar-refractivity contribution in [2.24, 2.45) is 0 Å². The molecule has 1 saturated heterocycles. The molecule has 0 atom stereocenters. The quantitative estimate of drug-likeness (QED) is 0.788. The second kappa shape index (κ2) is 5.14. The maximum Gasteiger partial charge on any atom is 0.263 e. The zero-order chi connectivity index (χ0) is 15.1. The Hall–Kier alpha value is -2.34. The third-order valence-corrected chi connectivity index (χ3v) is 4.20. The summed E-state index contributed by atoms with van der Waals surface area (Å²) >= 11 is 6.19. The van der Waals surface area contributed by atoms with Gasteiger partial charge in [0.15, 0.2) is 5.65 Å². The third-order valence-electron chi connectivity index (χ3n) is 3.88. The molecule has 22 heavy (non-hydrogen) atoms. The van der Waals surface area contributed by atoms with Gasteiger partial charge in [-0.1, -0.05) is 23.7 Å². The van der Waals surface area contributed by atoms with E-state index in [1.54, 1.807) is 16.9 Å². The van der Waals surface area contributed by atoms with Crippen molar-refractivity contribution in [2.45, 2.75) is 12.8 Å². The predicted octanol–water partition coefficient (Wildman–Crippen LogP) is 2.36. The van der Waals surface area contributed by atoms with Gasteiger partial charge in [-0.05, 0) is 25.0 Å². The molecule has 1 aliphatic heterocycles. The molecule has 1 N–H and O–H groups in total. The van der Waals surface area contributed by atoms with E-state index in [2.05, 4.69) is 20.0 Å². The highest BCUT2D eigenvalue weighted by Crippen LogP contribution is 2.21. The topological polar surface area (TPSA) is 66.8 Å². The Morgan fingerprint density at radius 2 is 1.95 bits per heavy atom. The second-order valence-electron chi connectivity index (χ2n) is 5.35. The number of aromatic nitrogens is 4. The van der Waals surface area contributed by atoms with E-state index in [1.165, 1.54) is 0 Å². The summed E-state index contributed by atoms with van der Waals surface area (Å²) in [4.78, 5) is 21.7. The number of aromatic amines is 1. The van der Waals surface area contributed by atoms with Crippen LogP contribution in [-0.4, -0.2) is 32.8 Å². The number of fused-ring (bicyclic) bond motifs is 1. The summed E-state index contributed by atoms with van der Waals surface area (Å²) in [7, 11) is 0. The molecule has 112 valence electrons. The summed E-state index contributed by atoms with van der Waals surface area (Å²) in [6, 6.07) is 7.37. The van der Waals surface area contributed by atoms with Crippen molar-refractivity contribution < 1.29 is 0 Å². The lowest BCUT2D eigenvalue weighted by Crippen LogP contribution is -2.23. The summed E-state index contributed by atoms with van der Waals surface area (Å²) in [5.74, 6) is 0.597. The van der Waals surface area contributed by atoms with Crippen LogP contribution in [0.4, 0.5) is 5.95 Å². The van der Waals surface area contributed by atoms with Crippen LogP contribution < -0.4 is 10.5 Å². The number of anilines is 1. The number of rotatable bonds is 2. The number of hydrogen-bond acceptors (Lipinski definition) is 4. The van der Waals surface area contributed by atoms with Gasteiger partial charge in [0.25, 0.3) is 5.56 Å². The van der Waals surface area contributed by atoms with Gasteiger partial charge in [0.2, 0.25) is 5.95 Å². The van der Waals surface area contributed by atoms with E-state index >= 15 is 0 Å². The molecule has 0 unspecified atom stereocenters. The summed E-state index contributed by atoms with van der Waals surface area (Å²) in [5.41, 5.74) is 0.986. The van der Waals surface area contributed by atoms with Gasteiger partial charge >= 0.3 is 0 Å². The molecule has 0 saturated carbocycles. The fourth-order valence-electron chi connectivity index (χ4n) is 2.74. The van der Waals surface area contributed by atoms with E-state index in [0.29, 0.717) is 22.0 Å². The summed E-state index contributed by atoms with van der Waals surface area (Å²) in [5, 5.41) is 5.45. The van der Waals surface area contributed by atoms with Gasteiger partial charge in [-0.2, -0.15) is 4.98 Å². The lowest BCUT2D eigenvalue weighted by atomic mass is 10.3. The van der Waals surface area contributed by atoms with Crippen molar-refractivity contribution in [3.63, 3.8) is 0 Å². The first kappa shape index (κ1) is 13.3. The predicted molar refractivity (Wildman–Crippen MR) is 85.9 cm³/mol. The van der Waals surface area contributed by atoms with Crippen LogP contribution in [0.25, 0.3) is 16.7 Å². The van der Waals surface area contributed by atoms with Crippen molar-refractivity contribution in [1.29, 1.82) is 0 Å². The standard InChI is InChI=1S/C15H14ClN5O/c16-11-5-1-2-6-12(11)21-9-10-13(19-21)17-15(18-14(10)22)20-7-3-4-8-20/h1-2,5-6,9H,3-4,7-8H2,(H,17,18,19,22). The molecule has 0 amide bonds. The molecule has 1 aromatic carbocycles. The van der Waals surface area contributed by atoms with Gasteiger partial charge < -0.3 is 4.90 Å². The Morgan fingerprint density at radius 3 is 2.73 bits per heavy atom. The Kier molecular flexibility index (Phi) is 3.11. The molecular weight excluding hydrogens is 302 g/mol. The van der Waals surface area contributed by atoms with Crippen LogP contribution in [0.3, 0.4) is 0 Å². The van der Waals surface area contributed by atoms with E-state index in [0.717, 1.165) is 31.6 Å². The Labute approximate surface area is 131 Å². The van der Waals surface area contributed by atoms with Crippen LogP contribution in [-0.2, 0) is 0 Å². The zero-order valence-electron chi connectivity index (χ0n) is 11.8. The highest BCUT2D eigenvalue weighted by Gasteiger charge is 2.17. The van der Waals surface area contributed by atoms with Crippen LogP contribution in [0, 0.1) is 0 Å². The Balaban J connectivity index is 1.85. The zero-order valence-corrected chi connectivity index (χ0v) is 12.5. The molecule has 7 heteroatoms. The Morgan fingerprint density at radius 1 is 1.18 bits per heavy atom. The van der Waals surface area contributed by atoms with Crippen LogP contribution in [0.15, 0.2) is 35.3 Å². The smallest absolute Gasteiger partial charge is 0.263 e. The van der Waals surface area contributed by atoms with Crippen LogP contribution in [0.5, 0.6) is 0 Å². The SMILES string of the molecule is O=c1[nH]c(N2CCCC2)nc2nn(-c3ccccc3Cl)cc12. The van der Waals surface area contributed by atoms with Gasteiger partial charge in [0.1, 0.15) is 5.39 Å². The van der Waals surface area contributed by atoms with Gasteiger partial charge in [-0.15, -0.1) is 5.10 Å². The number of hydrogen-bond donors (Lipinski definition) is 1. The lowest BCUT2D eigenvalue weighted by molar-refractivity contribution is 0.875. The first-order valence-electron chi connectivity index (χ1n) is 7.22. The Bertz CT molecular complexity index is 894. The van der Waals surface area contributed by atoms with Gasteiger partial charge in [0.05, 0.1) is 10.7 Å². The van der Waals surface area contributed by atoms with Gasteiger partial charge in [-0.3, -0.25) is 9.78 Å². The average Bonchev–Trinajstić information content (AvgIpc) is 3.17. The summed E-state index contributed by atoms with van der Waals surface area (Å²) in [6.45, 7) is 1.83.